The number of hydrogen-bond acceptors (Lipinski definition) is 5. The van der Waals surface area contributed by atoms with Crippen molar-refractivity contribution in [2.75, 3.05) is 0 Å². The van der Waals surface area contributed by atoms with E-state index in [0.29, 0.717) is 17.4 Å². The van der Waals surface area contributed by atoms with Gasteiger partial charge in [0.15, 0.2) is 0 Å². The van der Waals surface area contributed by atoms with Crippen LogP contribution in [-0.4, -0.2) is 26.1 Å². The van der Waals surface area contributed by atoms with Crippen LogP contribution in [0.3, 0.4) is 0 Å². The van der Waals surface area contributed by atoms with Gasteiger partial charge >= 0.3 is 0 Å². The first kappa shape index (κ1) is 15.4. The highest BCUT2D eigenvalue weighted by Gasteiger charge is 2.11. The number of para-hydroxylation sites is 1. The van der Waals surface area contributed by atoms with E-state index in [1.54, 1.807) is 6.08 Å². The maximum Gasteiger partial charge on any atom is 0.213 e. The van der Waals surface area contributed by atoms with Gasteiger partial charge in [-0.25, -0.2) is 4.98 Å². The lowest BCUT2D eigenvalue weighted by molar-refractivity contribution is -0.297. The Bertz CT molecular complexity index is 895. The Morgan fingerprint density at radius 2 is 2.17 bits per heavy atom. The zero-order valence-electron chi connectivity index (χ0n) is 12.7. The molecular weight excluding hydrogens is 312 g/mol. The number of carboxylic acids is 1. The van der Waals surface area contributed by atoms with Crippen molar-refractivity contribution < 1.29 is 9.90 Å². The lowest BCUT2D eigenvalue weighted by Crippen LogP contribution is -2.23. The van der Waals surface area contributed by atoms with Gasteiger partial charge in [0.25, 0.3) is 0 Å². The average Bonchev–Trinajstić information content (AvgIpc) is 3.11. The summed E-state index contributed by atoms with van der Waals surface area (Å²) in [5.41, 5.74) is 2.69. The molecule has 0 aliphatic heterocycles. The summed E-state index contributed by atoms with van der Waals surface area (Å²) in [6.07, 6.45) is 2.32. The first-order valence-corrected chi connectivity index (χ1v) is 7.99. The number of fused-ring (bicyclic) bond motifs is 1. The predicted octanol–water partition coefficient (Wildman–Crippen LogP) is 2.04. The summed E-state index contributed by atoms with van der Waals surface area (Å²) < 4.78 is 0. The Balaban J connectivity index is 2.01. The van der Waals surface area contributed by atoms with Crippen LogP contribution in [0.5, 0.6) is 0 Å². The molecule has 1 aromatic carbocycles. The number of aryl methyl sites for hydroxylation is 2. The number of aliphatic carboxylic acids is 1. The Morgan fingerprint density at radius 1 is 1.39 bits per heavy atom. The third-order valence-corrected chi connectivity index (χ3v) is 4.34. The first-order valence-electron chi connectivity index (χ1n) is 7.18. The zero-order chi connectivity index (χ0) is 16.4. The molecule has 0 atom stereocenters. The van der Waals surface area contributed by atoms with Gasteiger partial charge < -0.3 is 14.9 Å². The third-order valence-electron chi connectivity index (χ3n) is 3.47. The first-order chi connectivity index (χ1) is 11.1. The number of carboxylic acid groups (broad SMARTS) is 1. The number of nitrogens with one attached hydrogen (secondary N) is 2. The SMILES string of the molecule is CCc1nc(S/C(=C\c2c(C)[nH]c3ccccc23)C(=O)[O-])n[nH]1. The van der Waals surface area contributed by atoms with Gasteiger partial charge in [-0.05, 0) is 30.8 Å². The average molecular weight is 327 g/mol. The molecule has 0 saturated heterocycles. The molecule has 0 aliphatic carbocycles. The van der Waals surface area contributed by atoms with Crippen LogP contribution in [0.2, 0.25) is 0 Å². The molecule has 3 rings (SSSR count). The normalized spacial score (nSPS) is 12.0. The van der Waals surface area contributed by atoms with Crippen LogP contribution in [-0.2, 0) is 11.2 Å². The summed E-state index contributed by atoms with van der Waals surface area (Å²) in [5, 5.41) is 19.6. The van der Waals surface area contributed by atoms with E-state index >= 15 is 0 Å². The van der Waals surface area contributed by atoms with E-state index in [1.165, 1.54) is 0 Å². The van der Waals surface area contributed by atoms with Gasteiger partial charge in [0.05, 0.1) is 5.97 Å². The van der Waals surface area contributed by atoms with Crippen LogP contribution in [0, 0.1) is 6.92 Å². The quantitative estimate of drug-likeness (QED) is 0.552. The molecule has 0 spiro atoms. The molecule has 0 saturated carbocycles. The van der Waals surface area contributed by atoms with E-state index in [0.717, 1.165) is 33.9 Å². The lowest BCUT2D eigenvalue weighted by atomic mass is 10.1. The molecule has 0 aliphatic rings. The molecule has 0 bridgehead atoms. The van der Waals surface area contributed by atoms with Gasteiger partial charge in [-0.15, -0.1) is 5.10 Å². The Labute approximate surface area is 137 Å². The van der Waals surface area contributed by atoms with Crippen molar-refractivity contribution in [2.45, 2.75) is 25.4 Å². The molecule has 118 valence electrons. The number of carbonyl (C=O) groups is 1. The lowest BCUT2D eigenvalue weighted by Gasteiger charge is -2.06. The zero-order valence-corrected chi connectivity index (χ0v) is 13.5. The largest absolute Gasteiger partial charge is 0.544 e. The highest BCUT2D eigenvalue weighted by atomic mass is 32.2. The minimum absolute atomic E-state index is 0.0690. The second-order valence-electron chi connectivity index (χ2n) is 5.03. The van der Waals surface area contributed by atoms with Crippen molar-refractivity contribution >= 4 is 34.7 Å². The van der Waals surface area contributed by atoms with Gasteiger partial charge in [0.1, 0.15) is 5.82 Å². The molecule has 3 aromatic rings. The fourth-order valence-electron chi connectivity index (χ4n) is 2.33. The van der Waals surface area contributed by atoms with Crippen molar-refractivity contribution in [3.8, 4) is 0 Å². The van der Waals surface area contributed by atoms with Crippen LogP contribution in [0.25, 0.3) is 17.0 Å². The topological polar surface area (TPSA) is 97.5 Å². The van der Waals surface area contributed by atoms with E-state index in [9.17, 15) is 9.90 Å². The van der Waals surface area contributed by atoms with E-state index in [1.807, 2.05) is 38.1 Å². The summed E-state index contributed by atoms with van der Waals surface area (Å²) in [5.74, 6) is -0.531. The highest BCUT2D eigenvalue weighted by molar-refractivity contribution is 8.04. The molecule has 6 nitrogen and oxygen atoms in total. The van der Waals surface area contributed by atoms with Crippen LogP contribution < -0.4 is 5.11 Å². The Morgan fingerprint density at radius 3 is 2.87 bits per heavy atom. The molecule has 2 aromatic heterocycles. The van der Waals surface area contributed by atoms with Crippen LogP contribution in [0.15, 0.2) is 34.3 Å². The number of carbonyl (C=O) groups excluding carboxylic acids is 1. The minimum atomic E-state index is -1.25. The summed E-state index contributed by atoms with van der Waals surface area (Å²) >= 11 is 0.980. The van der Waals surface area contributed by atoms with Gasteiger partial charge in [0.2, 0.25) is 5.16 Å². The van der Waals surface area contributed by atoms with Gasteiger partial charge in [-0.2, -0.15) is 0 Å². The number of hydrogen-bond donors (Lipinski definition) is 2. The second kappa shape index (κ2) is 6.29. The third kappa shape index (κ3) is 3.14. The highest BCUT2D eigenvalue weighted by Crippen LogP contribution is 2.29. The van der Waals surface area contributed by atoms with E-state index in [2.05, 4.69) is 20.2 Å². The maximum absolute atomic E-state index is 11.5. The standard InChI is InChI=1S/C16H16N4O2S/c1-3-14-18-16(20-19-14)23-13(15(21)22)8-11-9(2)17-12-7-5-4-6-10(11)12/h4-8,17H,3H2,1-2H3,(H,21,22)(H,18,19,20)/p-1/b13-8-. The van der Waals surface area contributed by atoms with Crippen molar-refractivity contribution in [1.29, 1.82) is 0 Å². The molecule has 7 heteroatoms. The molecule has 0 unspecified atom stereocenters. The van der Waals surface area contributed by atoms with Crippen molar-refractivity contribution in [3.63, 3.8) is 0 Å². The number of rotatable bonds is 5. The molecule has 0 amide bonds. The maximum atomic E-state index is 11.5. The molecular formula is C16H15N4O2S-. The molecule has 2 N–H and O–H groups in total. The van der Waals surface area contributed by atoms with E-state index < -0.39 is 5.97 Å². The van der Waals surface area contributed by atoms with Gasteiger partial charge in [0, 0.05) is 33.5 Å². The number of thioether (sulfide) groups is 1. The fraction of sp³-hybridized carbons (Fsp3) is 0.188. The number of H-pyrrole nitrogens is 2. The predicted molar refractivity (Wildman–Crippen MR) is 87.6 cm³/mol. The monoisotopic (exact) mass is 327 g/mol. The number of benzene rings is 1. The van der Waals surface area contributed by atoms with Gasteiger partial charge in [-0.3, -0.25) is 5.10 Å². The molecule has 23 heavy (non-hydrogen) atoms. The summed E-state index contributed by atoms with van der Waals surface area (Å²) in [4.78, 5) is 19.0. The van der Waals surface area contributed by atoms with Crippen molar-refractivity contribution in [1.82, 2.24) is 20.2 Å². The van der Waals surface area contributed by atoms with Gasteiger partial charge in [-0.1, -0.05) is 25.1 Å². The molecule has 0 radical (unpaired) electrons. The number of nitrogens with zero attached hydrogens (tertiary/aromatic N) is 2. The van der Waals surface area contributed by atoms with E-state index in [4.69, 9.17) is 0 Å². The summed E-state index contributed by atoms with van der Waals surface area (Å²) in [6.45, 7) is 3.85. The van der Waals surface area contributed by atoms with Crippen molar-refractivity contribution in [2.24, 2.45) is 0 Å². The minimum Gasteiger partial charge on any atom is -0.544 e. The number of aromatic nitrogens is 4. The molecule has 2 heterocycles. The smallest absolute Gasteiger partial charge is 0.213 e. The fourth-order valence-corrected chi connectivity index (χ4v) is 3.03. The summed E-state index contributed by atoms with van der Waals surface area (Å²) in [7, 11) is 0. The number of aromatic amines is 2. The Hall–Kier alpha value is -2.54. The van der Waals surface area contributed by atoms with Crippen molar-refractivity contribution in [3.05, 3.63) is 46.3 Å². The van der Waals surface area contributed by atoms with Crippen LogP contribution in [0.4, 0.5) is 0 Å². The van der Waals surface area contributed by atoms with Crippen LogP contribution >= 0.6 is 11.8 Å². The van der Waals surface area contributed by atoms with Crippen LogP contribution in [0.1, 0.15) is 24.0 Å². The second-order valence-corrected chi connectivity index (χ2v) is 6.03. The Kier molecular flexibility index (Phi) is 4.20. The van der Waals surface area contributed by atoms with E-state index in [-0.39, 0.29) is 4.91 Å². The molecule has 0 fully saturated rings. The summed E-state index contributed by atoms with van der Waals surface area (Å²) in [6, 6.07) is 7.75.